The lowest BCUT2D eigenvalue weighted by Gasteiger charge is -2.37. The minimum Gasteiger partial charge on any atom is -0.491 e. The van der Waals surface area contributed by atoms with E-state index in [9.17, 15) is 4.79 Å². The van der Waals surface area contributed by atoms with Crippen molar-refractivity contribution < 1.29 is 9.47 Å². The molecule has 0 saturated carbocycles. The van der Waals surface area contributed by atoms with E-state index in [-0.39, 0.29) is 5.43 Å². The van der Waals surface area contributed by atoms with Gasteiger partial charge in [0, 0.05) is 43.6 Å². The molecule has 6 nitrogen and oxygen atoms in total. The summed E-state index contributed by atoms with van der Waals surface area (Å²) < 4.78 is 10.5. The molecule has 1 aromatic rings. The molecule has 2 fully saturated rings. The Labute approximate surface area is 143 Å². The molecule has 1 N–H and O–H groups in total. The molecule has 2 aliphatic rings. The lowest BCUT2D eigenvalue weighted by molar-refractivity contribution is 0.0301. The standard InChI is InChI=1S/C18H29N3O3/c1-23-18-13-19-15(12-17(18)22)14-21-6-3-2-4-16(21)5-7-20-8-10-24-11-9-20/h12-13,16H,2-11,14H2,1H3,(H,19,22). The fraction of sp³-hybridized carbons (Fsp3) is 0.722. The Kier molecular flexibility index (Phi) is 6.29. The van der Waals surface area contributed by atoms with E-state index in [0.717, 1.165) is 51.6 Å². The molecule has 0 bridgehead atoms. The molecule has 6 heteroatoms. The van der Waals surface area contributed by atoms with Crippen LogP contribution in [0, 0.1) is 0 Å². The number of aromatic nitrogens is 1. The third-order valence-corrected chi connectivity index (χ3v) is 5.16. The molecule has 3 rings (SSSR count). The Morgan fingerprint density at radius 2 is 2.12 bits per heavy atom. The highest BCUT2D eigenvalue weighted by Gasteiger charge is 2.23. The Morgan fingerprint density at radius 1 is 1.29 bits per heavy atom. The van der Waals surface area contributed by atoms with Crippen molar-refractivity contribution in [3.63, 3.8) is 0 Å². The zero-order valence-corrected chi connectivity index (χ0v) is 14.6. The summed E-state index contributed by atoms with van der Waals surface area (Å²) in [7, 11) is 1.52. The van der Waals surface area contributed by atoms with Gasteiger partial charge in [-0.25, -0.2) is 0 Å². The lowest BCUT2D eigenvalue weighted by Crippen LogP contribution is -2.43. The lowest BCUT2D eigenvalue weighted by atomic mass is 9.98. The second-order valence-corrected chi connectivity index (χ2v) is 6.75. The quantitative estimate of drug-likeness (QED) is 0.853. The van der Waals surface area contributed by atoms with Gasteiger partial charge >= 0.3 is 0 Å². The van der Waals surface area contributed by atoms with Crippen LogP contribution in [0.4, 0.5) is 0 Å². The molecule has 1 unspecified atom stereocenters. The SMILES string of the molecule is COc1c[nH]c(CN2CCCCC2CCN2CCOCC2)cc1=O. The van der Waals surface area contributed by atoms with Crippen molar-refractivity contribution in [3.05, 3.63) is 28.2 Å². The van der Waals surface area contributed by atoms with Gasteiger partial charge in [0.25, 0.3) is 0 Å². The first-order valence-corrected chi connectivity index (χ1v) is 9.06. The molecular weight excluding hydrogens is 306 g/mol. The van der Waals surface area contributed by atoms with Crippen LogP contribution >= 0.6 is 0 Å². The van der Waals surface area contributed by atoms with Gasteiger partial charge in [-0.1, -0.05) is 6.42 Å². The second-order valence-electron chi connectivity index (χ2n) is 6.75. The highest BCUT2D eigenvalue weighted by Crippen LogP contribution is 2.22. The van der Waals surface area contributed by atoms with E-state index in [1.54, 1.807) is 12.3 Å². The molecule has 0 aromatic carbocycles. The van der Waals surface area contributed by atoms with Gasteiger partial charge in [-0.15, -0.1) is 0 Å². The molecular formula is C18H29N3O3. The van der Waals surface area contributed by atoms with E-state index >= 15 is 0 Å². The Morgan fingerprint density at radius 3 is 2.88 bits per heavy atom. The van der Waals surface area contributed by atoms with Gasteiger partial charge in [-0.05, 0) is 32.4 Å². The highest BCUT2D eigenvalue weighted by atomic mass is 16.5. The van der Waals surface area contributed by atoms with Gasteiger partial charge in [0.05, 0.1) is 20.3 Å². The number of H-pyrrole nitrogens is 1. The number of hydrogen-bond acceptors (Lipinski definition) is 5. The van der Waals surface area contributed by atoms with Gasteiger partial charge in [-0.2, -0.15) is 0 Å². The normalized spacial score (nSPS) is 23.3. The average Bonchev–Trinajstić information content (AvgIpc) is 2.62. The monoisotopic (exact) mass is 335 g/mol. The molecule has 0 radical (unpaired) electrons. The van der Waals surface area contributed by atoms with Gasteiger partial charge in [-0.3, -0.25) is 14.6 Å². The van der Waals surface area contributed by atoms with Crippen molar-refractivity contribution in [3.8, 4) is 5.75 Å². The van der Waals surface area contributed by atoms with Crippen molar-refractivity contribution in [2.45, 2.75) is 38.3 Å². The molecule has 1 atom stereocenters. The van der Waals surface area contributed by atoms with Gasteiger partial charge < -0.3 is 14.5 Å². The first-order chi connectivity index (χ1) is 11.8. The number of hydrogen-bond donors (Lipinski definition) is 1. The number of ether oxygens (including phenoxy) is 2. The van der Waals surface area contributed by atoms with Crippen LogP contribution < -0.4 is 10.2 Å². The maximum absolute atomic E-state index is 11.9. The highest BCUT2D eigenvalue weighted by molar-refractivity contribution is 5.20. The number of morpholine rings is 1. The maximum Gasteiger partial charge on any atom is 0.223 e. The molecule has 24 heavy (non-hydrogen) atoms. The number of rotatable bonds is 6. The molecule has 1 aromatic heterocycles. The zero-order valence-electron chi connectivity index (χ0n) is 14.6. The molecule has 3 heterocycles. The minimum atomic E-state index is -0.0480. The third-order valence-electron chi connectivity index (χ3n) is 5.16. The van der Waals surface area contributed by atoms with Gasteiger partial charge in [0.1, 0.15) is 0 Å². The molecule has 134 valence electrons. The van der Waals surface area contributed by atoms with Crippen LogP contribution in [-0.4, -0.2) is 67.3 Å². The number of nitrogens with zero attached hydrogens (tertiary/aromatic N) is 2. The van der Waals surface area contributed by atoms with E-state index in [1.165, 1.54) is 32.8 Å². The summed E-state index contributed by atoms with van der Waals surface area (Å²) in [4.78, 5) is 20.2. The molecule has 0 amide bonds. The van der Waals surface area contributed by atoms with E-state index in [2.05, 4.69) is 14.8 Å². The number of pyridine rings is 1. The minimum absolute atomic E-state index is 0.0480. The summed E-state index contributed by atoms with van der Waals surface area (Å²) in [5, 5.41) is 0. The number of nitrogens with one attached hydrogen (secondary N) is 1. The number of piperidine rings is 1. The predicted octanol–water partition coefficient (Wildman–Crippen LogP) is 1.46. The summed E-state index contributed by atoms with van der Waals surface area (Å²) in [5.41, 5.74) is 0.923. The Bertz CT molecular complexity index is 569. The van der Waals surface area contributed by atoms with Crippen LogP contribution in [0.25, 0.3) is 0 Å². The molecule has 2 aliphatic heterocycles. The van der Waals surface area contributed by atoms with Crippen LogP contribution in [0.15, 0.2) is 17.1 Å². The first-order valence-electron chi connectivity index (χ1n) is 9.06. The molecule has 0 aliphatic carbocycles. The van der Waals surface area contributed by atoms with E-state index in [0.29, 0.717) is 11.8 Å². The van der Waals surface area contributed by atoms with E-state index < -0.39 is 0 Å². The second kappa shape index (κ2) is 8.65. The Hall–Kier alpha value is -1.37. The summed E-state index contributed by atoms with van der Waals surface area (Å²) >= 11 is 0. The van der Waals surface area contributed by atoms with Crippen LogP contribution in [0.1, 0.15) is 31.4 Å². The summed E-state index contributed by atoms with van der Waals surface area (Å²) in [6, 6.07) is 2.28. The predicted molar refractivity (Wildman–Crippen MR) is 93.5 cm³/mol. The zero-order chi connectivity index (χ0) is 16.8. The van der Waals surface area contributed by atoms with Crippen molar-refractivity contribution >= 4 is 0 Å². The number of methoxy groups -OCH3 is 1. The third kappa shape index (κ3) is 4.59. The van der Waals surface area contributed by atoms with Crippen molar-refractivity contribution in [1.29, 1.82) is 0 Å². The topological polar surface area (TPSA) is 57.8 Å². The van der Waals surface area contributed by atoms with Crippen LogP contribution in [0.5, 0.6) is 5.75 Å². The summed E-state index contributed by atoms with van der Waals surface area (Å²) in [6.45, 7) is 6.90. The largest absolute Gasteiger partial charge is 0.491 e. The van der Waals surface area contributed by atoms with Crippen LogP contribution in [-0.2, 0) is 11.3 Å². The average molecular weight is 335 g/mol. The van der Waals surface area contributed by atoms with Crippen LogP contribution in [0.3, 0.4) is 0 Å². The molecule has 0 spiro atoms. The van der Waals surface area contributed by atoms with Crippen molar-refractivity contribution in [2.75, 3.05) is 46.5 Å². The smallest absolute Gasteiger partial charge is 0.223 e. The first kappa shape index (κ1) is 17.5. The Balaban J connectivity index is 1.57. The van der Waals surface area contributed by atoms with Crippen molar-refractivity contribution in [1.82, 2.24) is 14.8 Å². The fourth-order valence-electron chi connectivity index (χ4n) is 3.72. The van der Waals surface area contributed by atoms with Crippen molar-refractivity contribution in [2.24, 2.45) is 0 Å². The van der Waals surface area contributed by atoms with Crippen LogP contribution in [0.2, 0.25) is 0 Å². The summed E-state index contributed by atoms with van der Waals surface area (Å²) in [6.07, 6.45) is 6.67. The maximum atomic E-state index is 11.9. The van der Waals surface area contributed by atoms with E-state index in [1.807, 2.05) is 0 Å². The number of aromatic amines is 1. The fourth-order valence-corrected chi connectivity index (χ4v) is 3.72. The van der Waals surface area contributed by atoms with Gasteiger partial charge in [0.2, 0.25) is 5.43 Å². The van der Waals surface area contributed by atoms with E-state index in [4.69, 9.17) is 9.47 Å². The summed E-state index contributed by atoms with van der Waals surface area (Å²) in [5.74, 6) is 0.376. The van der Waals surface area contributed by atoms with Gasteiger partial charge in [0.15, 0.2) is 5.75 Å². The molecule has 2 saturated heterocycles. The number of likely N-dealkylation sites (tertiary alicyclic amines) is 1.